The highest BCUT2D eigenvalue weighted by Crippen LogP contribution is 2.29. The highest BCUT2D eigenvalue weighted by molar-refractivity contribution is 14.2. The molecule has 0 atom stereocenters. The van der Waals surface area contributed by atoms with Crippen LogP contribution in [-0.2, 0) is 0 Å². The number of oxazole rings is 1. The van der Waals surface area contributed by atoms with Crippen molar-refractivity contribution in [1.29, 1.82) is 0 Å². The molecule has 2 heterocycles. The summed E-state index contributed by atoms with van der Waals surface area (Å²) >= 11 is -0.139. The van der Waals surface area contributed by atoms with Gasteiger partial charge >= 0.3 is 0 Å². The molecular weight excluding hydrogens is 243 g/mol. The molecule has 0 spiro atoms. The van der Waals surface area contributed by atoms with E-state index in [1.54, 1.807) is 0 Å². The summed E-state index contributed by atoms with van der Waals surface area (Å²) in [6.07, 6.45) is 1.95. The van der Waals surface area contributed by atoms with Crippen LogP contribution in [0.1, 0.15) is 11.7 Å². The Morgan fingerprint density at radius 3 is 3.30 bits per heavy atom. The molecule has 0 saturated carbocycles. The van der Waals surface area contributed by atoms with Gasteiger partial charge in [0.05, 0.1) is 0 Å². The second-order valence-corrected chi connectivity index (χ2v) is 3.65. The van der Waals surface area contributed by atoms with Crippen LogP contribution in [0.3, 0.4) is 0 Å². The minimum Gasteiger partial charge on any atom is -0.439 e. The predicted molar refractivity (Wildman–Crippen MR) is 46.4 cm³/mol. The molecule has 2 rings (SSSR count). The van der Waals surface area contributed by atoms with Gasteiger partial charge in [-0.2, -0.15) is 8.13 Å². The van der Waals surface area contributed by atoms with Crippen molar-refractivity contribution >= 4 is 32.9 Å². The number of nitrogens with zero attached hydrogens (tertiary/aromatic N) is 2. The Hall–Kier alpha value is -0.520. The summed E-state index contributed by atoms with van der Waals surface area (Å²) in [7, 11) is 0. The van der Waals surface area contributed by atoms with Gasteiger partial charge in [0.1, 0.15) is 0 Å². The quantitative estimate of drug-likeness (QED) is 0.662. The molecule has 52 valence electrons. The first-order chi connectivity index (χ1) is 4.86. The van der Waals surface area contributed by atoms with Gasteiger partial charge in [0.2, 0.25) is 5.82 Å². The Morgan fingerprint density at radius 1 is 1.60 bits per heavy atom. The average molecular weight is 248 g/mol. The van der Waals surface area contributed by atoms with Crippen LogP contribution in [0.5, 0.6) is 0 Å². The maximum atomic E-state index is 5.23. The molecule has 4 heteroatoms. The van der Waals surface area contributed by atoms with Crippen LogP contribution in [-0.4, -0.2) is 4.98 Å². The lowest BCUT2D eigenvalue weighted by atomic mass is 10.5. The lowest BCUT2D eigenvalue weighted by Crippen LogP contribution is -1.66. The van der Waals surface area contributed by atoms with Crippen LogP contribution in [0.4, 0.5) is 5.82 Å². The van der Waals surface area contributed by atoms with Crippen molar-refractivity contribution in [1.82, 2.24) is 4.98 Å². The maximum Gasteiger partial charge on any atom is 0.203 e. The van der Waals surface area contributed by atoms with Gasteiger partial charge in [-0.3, -0.25) is 0 Å². The number of hydrogen-bond donors (Lipinski definition) is 0. The third kappa shape index (κ3) is 0.920. The van der Waals surface area contributed by atoms with Crippen molar-refractivity contribution in [2.24, 2.45) is 3.15 Å². The molecular formula is C6H5IN2O. The highest BCUT2D eigenvalue weighted by atomic mass is 127. The van der Waals surface area contributed by atoms with E-state index >= 15 is 0 Å². The van der Waals surface area contributed by atoms with Crippen LogP contribution in [0, 0.1) is 6.92 Å². The van der Waals surface area contributed by atoms with E-state index in [1.165, 1.54) is 0 Å². The zero-order chi connectivity index (χ0) is 6.97. The Morgan fingerprint density at radius 2 is 2.50 bits per heavy atom. The zero-order valence-corrected chi connectivity index (χ0v) is 7.49. The Labute approximate surface area is 68.3 Å². The molecule has 1 aliphatic heterocycles. The third-order valence-electron chi connectivity index (χ3n) is 1.14. The van der Waals surface area contributed by atoms with Gasteiger partial charge in [-0.1, -0.05) is 0 Å². The van der Waals surface area contributed by atoms with Crippen LogP contribution in [0.2, 0.25) is 0 Å². The number of aromatic nitrogens is 1. The molecule has 0 bridgehead atoms. The van der Waals surface area contributed by atoms with Crippen LogP contribution in [0.25, 0.3) is 6.08 Å². The molecule has 0 saturated heterocycles. The first-order valence-corrected chi connectivity index (χ1v) is 5.05. The first kappa shape index (κ1) is 6.21. The highest BCUT2D eigenvalue weighted by Gasteiger charge is 2.07. The molecule has 0 aromatic carbocycles. The van der Waals surface area contributed by atoms with Gasteiger partial charge in [-0.25, -0.2) is 0 Å². The van der Waals surface area contributed by atoms with Gasteiger partial charge in [-0.15, -0.1) is 0 Å². The van der Waals surface area contributed by atoms with Crippen LogP contribution in [0.15, 0.2) is 11.6 Å². The second-order valence-electron chi connectivity index (χ2n) is 1.90. The molecule has 0 N–H and O–H groups in total. The lowest BCUT2D eigenvalue weighted by Gasteiger charge is -1.88. The summed E-state index contributed by atoms with van der Waals surface area (Å²) in [4.78, 5) is 4.09. The Balaban J connectivity index is 2.64. The fourth-order valence-electron chi connectivity index (χ4n) is 0.761. The third-order valence-corrected chi connectivity index (χ3v) is 2.56. The van der Waals surface area contributed by atoms with Crippen molar-refractivity contribution in [2.75, 3.05) is 0 Å². The first-order valence-electron chi connectivity index (χ1n) is 2.84. The minimum absolute atomic E-state index is 0.139. The molecule has 0 fully saturated rings. The molecule has 1 aliphatic rings. The standard InChI is InChI=1S/C6H5IN2O/c1-4-8-6-5(10-4)2-3-7-9-6/h2-3H,1H3. The number of halogens is 1. The van der Waals surface area contributed by atoms with Crippen LogP contribution >= 0.6 is 21.0 Å². The van der Waals surface area contributed by atoms with E-state index in [2.05, 4.69) is 12.2 Å². The number of hydrogen-bond acceptors (Lipinski definition) is 3. The predicted octanol–water partition coefficient (Wildman–Crippen LogP) is 2.75. The molecule has 0 aliphatic carbocycles. The van der Waals surface area contributed by atoms with Gasteiger partial charge in [0.15, 0.2) is 11.7 Å². The van der Waals surface area contributed by atoms with E-state index in [0.717, 1.165) is 11.6 Å². The van der Waals surface area contributed by atoms with E-state index in [1.807, 2.05) is 13.0 Å². The van der Waals surface area contributed by atoms with Crippen molar-refractivity contribution in [3.63, 3.8) is 0 Å². The van der Waals surface area contributed by atoms with Crippen LogP contribution < -0.4 is 0 Å². The SMILES string of the molecule is Cc1nc2c(o1)C=CI=N2. The van der Waals surface area contributed by atoms with Gasteiger partial charge < -0.3 is 4.42 Å². The summed E-state index contributed by atoms with van der Waals surface area (Å²) in [5.74, 6) is 2.29. The lowest BCUT2D eigenvalue weighted by molar-refractivity contribution is 0.513. The summed E-state index contributed by atoms with van der Waals surface area (Å²) in [6, 6.07) is 0. The Kier molecular flexibility index (Phi) is 1.40. The van der Waals surface area contributed by atoms with E-state index in [0.29, 0.717) is 5.89 Å². The molecule has 1 aromatic heterocycles. The topological polar surface area (TPSA) is 38.4 Å². The normalized spacial score (nSPS) is 14.5. The van der Waals surface area contributed by atoms with Crippen molar-refractivity contribution in [3.05, 3.63) is 15.7 Å². The molecule has 3 nitrogen and oxygen atoms in total. The second kappa shape index (κ2) is 2.26. The van der Waals surface area contributed by atoms with Crippen molar-refractivity contribution in [2.45, 2.75) is 6.92 Å². The fourth-order valence-corrected chi connectivity index (χ4v) is 2.02. The molecule has 1 aromatic rings. The summed E-state index contributed by atoms with van der Waals surface area (Å²) in [5, 5.41) is 0. The molecule has 0 radical (unpaired) electrons. The summed E-state index contributed by atoms with van der Waals surface area (Å²) in [5.41, 5.74) is 0. The largest absolute Gasteiger partial charge is 0.439 e. The number of fused-ring (bicyclic) bond motifs is 1. The summed E-state index contributed by atoms with van der Waals surface area (Å²) < 4.78 is 11.5. The van der Waals surface area contributed by atoms with Gasteiger partial charge in [0.25, 0.3) is 0 Å². The van der Waals surface area contributed by atoms with E-state index in [9.17, 15) is 0 Å². The summed E-state index contributed by atoms with van der Waals surface area (Å²) in [6.45, 7) is 1.83. The number of rotatable bonds is 0. The zero-order valence-electron chi connectivity index (χ0n) is 5.34. The van der Waals surface area contributed by atoms with Gasteiger partial charge in [0, 0.05) is 28.0 Å². The fraction of sp³-hybridized carbons (Fsp3) is 0.167. The van der Waals surface area contributed by atoms with E-state index < -0.39 is 0 Å². The minimum atomic E-state index is -0.139. The monoisotopic (exact) mass is 248 g/mol. The van der Waals surface area contributed by atoms with Crippen molar-refractivity contribution < 1.29 is 4.42 Å². The maximum absolute atomic E-state index is 5.23. The van der Waals surface area contributed by atoms with E-state index in [-0.39, 0.29) is 21.0 Å². The number of aryl methyl sites for hydroxylation is 1. The van der Waals surface area contributed by atoms with Gasteiger partial charge in [-0.05, 0) is 10.2 Å². The molecule has 0 amide bonds. The smallest absolute Gasteiger partial charge is 0.203 e. The Bertz CT molecular complexity index is 284. The molecule has 10 heavy (non-hydrogen) atoms. The molecule has 0 unspecified atom stereocenters. The van der Waals surface area contributed by atoms with E-state index in [4.69, 9.17) is 4.42 Å². The average Bonchev–Trinajstić information content (AvgIpc) is 2.27. The van der Waals surface area contributed by atoms with Crippen molar-refractivity contribution in [3.8, 4) is 0 Å².